The minimum atomic E-state index is 0.529. The number of thiophene rings is 1. The third-order valence-corrected chi connectivity index (χ3v) is 6.64. The first-order valence-corrected chi connectivity index (χ1v) is 10.9. The molecule has 5 rings (SSSR count). The molecule has 6 nitrogen and oxygen atoms in total. The van der Waals surface area contributed by atoms with E-state index in [9.17, 15) is 0 Å². The minimum absolute atomic E-state index is 0.529. The Hall–Kier alpha value is -2.29. The second-order valence-electron chi connectivity index (χ2n) is 6.82. The van der Waals surface area contributed by atoms with E-state index in [0.717, 1.165) is 40.7 Å². The van der Waals surface area contributed by atoms with Gasteiger partial charge >= 0.3 is 0 Å². The van der Waals surface area contributed by atoms with Gasteiger partial charge in [-0.15, -0.1) is 21.5 Å². The van der Waals surface area contributed by atoms with Crippen molar-refractivity contribution in [3.05, 3.63) is 48.1 Å². The van der Waals surface area contributed by atoms with Crippen LogP contribution in [-0.2, 0) is 6.54 Å². The van der Waals surface area contributed by atoms with Gasteiger partial charge in [0.2, 0.25) is 5.89 Å². The van der Waals surface area contributed by atoms with Crippen LogP contribution in [0.1, 0.15) is 24.6 Å². The summed E-state index contributed by atoms with van der Waals surface area (Å²) in [5.74, 6) is 1.41. The molecule has 0 radical (unpaired) electrons. The molecule has 0 atom stereocenters. The van der Waals surface area contributed by atoms with Crippen LogP contribution >= 0.6 is 23.1 Å². The Kier molecular flexibility index (Phi) is 4.84. The Balaban J connectivity index is 1.44. The van der Waals surface area contributed by atoms with Gasteiger partial charge in [-0.3, -0.25) is 4.90 Å². The highest BCUT2D eigenvalue weighted by atomic mass is 32.2. The number of rotatable bonds is 5. The van der Waals surface area contributed by atoms with E-state index in [1.54, 1.807) is 11.3 Å². The highest BCUT2D eigenvalue weighted by Gasteiger charge is 2.18. The summed E-state index contributed by atoms with van der Waals surface area (Å²) in [5.41, 5.74) is 1.18. The molecule has 1 fully saturated rings. The zero-order chi connectivity index (χ0) is 18.9. The summed E-state index contributed by atoms with van der Waals surface area (Å²) in [7, 11) is 0. The van der Waals surface area contributed by atoms with E-state index in [4.69, 9.17) is 4.42 Å². The lowest BCUT2D eigenvalue weighted by molar-refractivity contribution is 0.278. The molecule has 8 heteroatoms. The molecule has 0 N–H and O–H groups in total. The number of fused-ring (bicyclic) bond motifs is 1. The zero-order valence-electron chi connectivity index (χ0n) is 15.5. The summed E-state index contributed by atoms with van der Waals surface area (Å²) >= 11 is 3.09. The van der Waals surface area contributed by atoms with Crippen LogP contribution in [0.15, 0.2) is 51.1 Å². The maximum absolute atomic E-state index is 5.87. The van der Waals surface area contributed by atoms with Gasteiger partial charge in [-0.2, -0.15) is 0 Å². The smallest absolute Gasteiger partial charge is 0.283 e. The minimum Gasteiger partial charge on any atom is -0.414 e. The average molecular weight is 410 g/mol. The van der Waals surface area contributed by atoms with Gasteiger partial charge in [-0.25, -0.2) is 9.97 Å². The van der Waals surface area contributed by atoms with Crippen molar-refractivity contribution in [3.8, 4) is 10.4 Å². The summed E-state index contributed by atoms with van der Waals surface area (Å²) in [6, 6.07) is 12.5. The van der Waals surface area contributed by atoms with Crippen molar-refractivity contribution in [2.24, 2.45) is 0 Å². The standard InChI is InChI=1S/C20H19N5OS2/c1-13-21-18-15(11-16(27-18)14-7-3-2-4-8-14)19(22-13)28-20-24-23-17(26-20)12-25-9-5-6-10-25/h2-4,7-8,11H,5-6,9-10,12H2,1H3. The molecule has 1 aliphatic heterocycles. The number of benzene rings is 1. The van der Waals surface area contributed by atoms with E-state index in [2.05, 4.69) is 43.3 Å². The van der Waals surface area contributed by atoms with Crippen LogP contribution in [0.25, 0.3) is 20.7 Å². The lowest BCUT2D eigenvalue weighted by atomic mass is 10.2. The largest absolute Gasteiger partial charge is 0.414 e. The van der Waals surface area contributed by atoms with E-state index in [0.29, 0.717) is 11.1 Å². The fraction of sp³-hybridized carbons (Fsp3) is 0.300. The van der Waals surface area contributed by atoms with Gasteiger partial charge in [-0.05, 0) is 56.2 Å². The quantitative estimate of drug-likeness (QED) is 0.439. The Labute approximate surface area is 171 Å². The van der Waals surface area contributed by atoms with Crippen LogP contribution in [-0.4, -0.2) is 38.2 Å². The van der Waals surface area contributed by atoms with Crippen LogP contribution in [0.2, 0.25) is 0 Å². The van der Waals surface area contributed by atoms with Gasteiger partial charge in [0.1, 0.15) is 15.7 Å². The van der Waals surface area contributed by atoms with Crippen molar-refractivity contribution < 1.29 is 4.42 Å². The first-order chi connectivity index (χ1) is 13.7. The average Bonchev–Trinajstić information content (AvgIpc) is 3.44. The second-order valence-corrected chi connectivity index (χ2v) is 8.79. The molecule has 0 saturated carbocycles. The van der Waals surface area contributed by atoms with Gasteiger partial charge in [0, 0.05) is 10.3 Å². The predicted octanol–water partition coefficient (Wildman–Crippen LogP) is 4.80. The van der Waals surface area contributed by atoms with Gasteiger partial charge in [0.15, 0.2) is 0 Å². The molecule has 1 saturated heterocycles. The van der Waals surface area contributed by atoms with Gasteiger partial charge < -0.3 is 4.42 Å². The fourth-order valence-corrected chi connectivity index (χ4v) is 5.35. The molecule has 0 amide bonds. The highest BCUT2D eigenvalue weighted by Crippen LogP contribution is 2.38. The van der Waals surface area contributed by atoms with Gasteiger partial charge in [0.05, 0.1) is 6.54 Å². The third kappa shape index (κ3) is 3.67. The number of aromatic nitrogens is 4. The molecule has 4 aromatic rings. The van der Waals surface area contributed by atoms with Crippen LogP contribution < -0.4 is 0 Å². The number of aryl methyl sites for hydroxylation is 1. The van der Waals surface area contributed by atoms with E-state index < -0.39 is 0 Å². The molecule has 3 aromatic heterocycles. The molecular weight excluding hydrogens is 390 g/mol. The van der Waals surface area contributed by atoms with E-state index in [1.165, 1.54) is 35.0 Å². The summed E-state index contributed by atoms with van der Waals surface area (Å²) in [6.07, 6.45) is 2.49. The van der Waals surface area contributed by atoms with Crippen LogP contribution in [0.5, 0.6) is 0 Å². The van der Waals surface area contributed by atoms with Crippen molar-refractivity contribution >= 4 is 33.3 Å². The summed E-state index contributed by atoms with van der Waals surface area (Å²) in [6.45, 7) is 4.85. The topological polar surface area (TPSA) is 67.9 Å². The normalized spacial score (nSPS) is 14.9. The molecule has 4 heterocycles. The fourth-order valence-electron chi connectivity index (χ4n) is 3.38. The summed E-state index contributed by atoms with van der Waals surface area (Å²) in [5, 5.41) is 10.8. The Morgan fingerprint density at radius 3 is 2.75 bits per heavy atom. The monoisotopic (exact) mass is 409 g/mol. The van der Waals surface area contributed by atoms with Crippen molar-refractivity contribution in [3.63, 3.8) is 0 Å². The lowest BCUT2D eigenvalue weighted by Gasteiger charge is -2.10. The first kappa shape index (κ1) is 17.8. The van der Waals surface area contributed by atoms with E-state index >= 15 is 0 Å². The van der Waals surface area contributed by atoms with E-state index in [-0.39, 0.29) is 0 Å². The van der Waals surface area contributed by atoms with E-state index in [1.807, 2.05) is 25.1 Å². The molecule has 1 aliphatic rings. The molecule has 0 unspecified atom stereocenters. The van der Waals surface area contributed by atoms with Crippen molar-refractivity contribution in [2.45, 2.75) is 36.6 Å². The predicted molar refractivity (Wildman–Crippen MR) is 111 cm³/mol. The second kappa shape index (κ2) is 7.62. The number of hydrogen-bond donors (Lipinski definition) is 0. The number of likely N-dealkylation sites (tertiary alicyclic amines) is 1. The number of hydrogen-bond acceptors (Lipinski definition) is 8. The molecule has 0 aliphatic carbocycles. The van der Waals surface area contributed by atoms with Gasteiger partial charge in [-0.1, -0.05) is 30.3 Å². The summed E-state index contributed by atoms with van der Waals surface area (Å²) < 4.78 is 5.87. The molecule has 0 spiro atoms. The van der Waals surface area contributed by atoms with Crippen LogP contribution in [0, 0.1) is 6.92 Å². The lowest BCUT2D eigenvalue weighted by Crippen LogP contribution is -2.18. The SMILES string of the molecule is Cc1nc(Sc2nnc(CN3CCCC3)o2)c2cc(-c3ccccc3)sc2n1. The Bertz CT molecular complexity index is 1100. The molecule has 28 heavy (non-hydrogen) atoms. The van der Waals surface area contributed by atoms with Crippen molar-refractivity contribution in [1.29, 1.82) is 0 Å². The first-order valence-electron chi connectivity index (χ1n) is 9.31. The maximum atomic E-state index is 5.87. The third-order valence-electron chi connectivity index (χ3n) is 4.72. The maximum Gasteiger partial charge on any atom is 0.283 e. The Morgan fingerprint density at radius 1 is 1.11 bits per heavy atom. The molecular formula is C20H19N5OS2. The van der Waals surface area contributed by atoms with Crippen molar-refractivity contribution in [1.82, 2.24) is 25.1 Å². The Morgan fingerprint density at radius 2 is 1.93 bits per heavy atom. The highest BCUT2D eigenvalue weighted by molar-refractivity contribution is 7.99. The van der Waals surface area contributed by atoms with Gasteiger partial charge in [0.25, 0.3) is 5.22 Å². The van der Waals surface area contributed by atoms with Crippen LogP contribution in [0.3, 0.4) is 0 Å². The molecule has 1 aromatic carbocycles. The van der Waals surface area contributed by atoms with Crippen LogP contribution in [0.4, 0.5) is 0 Å². The molecule has 0 bridgehead atoms. The molecule has 142 valence electrons. The summed E-state index contributed by atoms with van der Waals surface area (Å²) in [4.78, 5) is 13.8. The zero-order valence-corrected chi connectivity index (χ0v) is 17.1. The van der Waals surface area contributed by atoms with Crippen molar-refractivity contribution in [2.75, 3.05) is 13.1 Å². The number of nitrogens with zero attached hydrogens (tertiary/aromatic N) is 5.